The van der Waals surface area contributed by atoms with Crippen LogP contribution < -0.4 is 15.4 Å². The Morgan fingerprint density at radius 2 is 2.00 bits per heavy atom. The van der Waals surface area contributed by atoms with Gasteiger partial charge in [-0.15, -0.1) is 6.42 Å². The van der Waals surface area contributed by atoms with Gasteiger partial charge >= 0.3 is 0 Å². The zero-order valence-corrected chi connectivity index (χ0v) is 12.5. The third-order valence-electron chi connectivity index (χ3n) is 2.72. The molecule has 0 saturated heterocycles. The average Bonchev–Trinajstić information content (AvgIpc) is 2.43. The standard InChI is InChI=1S/C16H23N3O/c1-5-10-18-16(17-6-2)19-11-12-20-15-13(3)8-7-9-14(15)4/h1,7-9H,6,10-12H2,2-4H3,(H2,17,18,19). The van der Waals surface area contributed by atoms with E-state index < -0.39 is 0 Å². The fourth-order valence-electron chi connectivity index (χ4n) is 1.81. The Morgan fingerprint density at radius 3 is 2.60 bits per heavy atom. The lowest BCUT2D eigenvalue weighted by Gasteiger charge is -2.12. The largest absolute Gasteiger partial charge is 0.491 e. The van der Waals surface area contributed by atoms with Crippen LogP contribution in [-0.4, -0.2) is 32.2 Å². The number of guanidine groups is 1. The number of para-hydroxylation sites is 1. The Hall–Kier alpha value is -2.15. The second kappa shape index (κ2) is 8.87. The first-order chi connectivity index (χ1) is 9.69. The highest BCUT2D eigenvalue weighted by atomic mass is 16.5. The van der Waals surface area contributed by atoms with Crippen LogP contribution in [0.3, 0.4) is 0 Å². The lowest BCUT2D eigenvalue weighted by molar-refractivity contribution is 0.324. The number of nitrogens with one attached hydrogen (secondary N) is 2. The molecule has 0 unspecified atom stereocenters. The maximum atomic E-state index is 5.80. The molecule has 0 aliphatic heterocycles. The summed E-state index contributed by atoms with van der Waals surface area (Å²) in [6.07, 6.45) is 5.22. The first-order valence-electron chi connectivity index (χ1n) is 6.83. The van der Waals surface area contributed by atoms with E-state index in [1.165, 1.54) is 0 Å². The van der Waals surface area contributed by atoms with Crippen molar-refractivity contribution in [1.82, 2.24) is 10.6 Å². The highest BCUT2D eigenvalue weighted by molar-refractivity contribution is 5.79. The number of hydrogen-bond acceptors (Lipinski definition) is 2. The second-order valence-electron chi connectivity index (χ2n) is 4.39. The number of aliphatic imine (C=N–C) groups is 1. The Labute approximate surface area is 121 Å². The Bertz CT molecular complexity index is 469. The van der Waals surface area contributed by atoms with Crippen LogP contribution in [0.15, 0.2) is 23.2 Å². The topological polar surface area (TPSA) is 45.7 Å². The van der Waals surface area contributed by atoms with Gasteiger partial charge in [-0.25, -0.2) is 4.99 Å². The molecule has 0 fully saturated rings. The van der Waals surface area contributed by atoms with Crippen molar-refractivity contribution in [3.63, 3.8) is 0 Å². The van der Waals surface area contributed by atoms with E-state index in [4.69, 9.17) is 11.2 Å². The summed E-state index contributed by atoms with van der Waals surface area (Å²) in [6, 6.07) is 6.12. The minimum Gasteiger partial charge on any atom is -0.491 e. The van der Waals surface area contributed by atoms with Crippen LogP contribution in [-0.2, 0) is 0 Å². The SMILES string of the molecule is C#CCNC(=NCCOc1c(C)cccc1C)NCC. The second-order valence-corrected chi connectivity index (χ2v) is 4.39. The van der Waals surface area contributed by atoms with Crippen LogP contribution in [0.2, 0.25) is 0 Å². The molecule has 0 aromatic heterocycles. The fraction of sp³-hybridized carbons (Fsp3) is 0.438. The maximum Gasteiger partial charge on any atom is 0.192 e. The maximum absolute atomic E-state index is 5.80. The molecule has 20 heavy (non-hydrogen) atoms. The van der Waals surface area contributed by atoms with E-state index in [-0.39, 0.29) is 0 Å². The van der Waals surface area contributed by atoms with E-state index in [0.717, 1.165) is 29.4 Å². The number of ether oxygens (including phenoxy) is 1. The van der Waals surface area contributed by atoms with Gasteiger partial charge in [0.15, 0.2) is 5.96 Å². The van der Waals surface area contributed by atoms with Crippen molar-refractivity contribution in [3.8, 4) is 18.1 Å². The molecule has 1 rings (SSSR count). The van der Waals surface area contributed by atoms with E-state index in [9.17, 15) is 0 Å². The van der Waals surface area contributed by atoms with Gasteiger partial charge in [-0.2, -0.15) is 0 Å². The van der Waals surface area contributed by atoms with Crippen LogP contribution in [0.4, 0.5) is 0 Å². The van der Waals surface area contributed by atoms with Gasteiger partial charge in [0, 0.05) is 6.54 Å². The molecule has 2 N–H and O–H groups in total. The van der Waals surface area contributed by atoms with Gasteiger partial charge in [-0.3, -0.25) is 0 Å². The molecular formula is C16H23N3O. The summed E-state index contributed by atoms with van der Waals surface area (Å²) in [5.41, 5.74) is 2.29. The molecule has 0 aliphatic rings. The zero-order valence-electron chi connectivity index (χ0n) is 12.5. The summed E-state index contributed by atoms with van der Waals surface area (Å²) in [4.78, 5) is 4.40. The monoisotopic (exact) mass is 273 g/mol. The van der Waals surface area contributed by atoms with Crippen LogP contribution >= 0.6 is 0 Å². The number of aryl methyl sites for hydroxylation is 2. The highest BCUT2D eigenvalue weighted by Gasteiger charge is 2.02. The fourth-order valence-corrected chi connectivity index (χ4v) is 1.81. The minimum absolute atomic E-state index is 0.462. The van der Waals surface area contributed by atoms with Crippen molar-refractivity contribution in [1.29, 1.82) is 0 Å². The van der Waals surface area contributed by atoms with Gasteiger partial charge < -0.3 is 15.4 Å². The third kappa shape index (κ3) is 5.23. The van der Waals surface area contributed by atoms with Gasteiger partial charge in [0.1, 0.15) is 12.4 Å². The Balaban J connectivity index is 2.48. The van der Waals surface area contributed by atoms with Crippen molar-refractivity contribution in [3.05, 3.63) is 29.3 Å². The summed E-state index contributed by atoms with van der Waals surface area (Å²) in [5, 5.41) is 6.17. The van der Waals surface area contributed by atoms with E-state index in [0.29, 0.717) is 19.7 Å². The lowest BCUT2D eigenvalue weighted by Crippen LogP contribution is -2.37. The molecule has 1 aromatic rings. The highest BCUT2D eigenvalue weighted by Crippen LogP contribution is 2.21. The molecule has 4 nitrogen and oxygen atoms in total. The molecule has 0 atom stereocenters. The van der Waals surface area contributed by atoms with Crippen molar-refractivity contribution < 1.29 is 4.74 Å². The minimum atomic E-state index is 0.462. The third-order valence-corrected chi connectivity index (χ3v) is 2.72. The molecule has 0 heterocycles. The Morgan fingerprint density at radius 1 is 1.30 bits per heavy atom. The molecule has 108 valence electrons. The number of terminal acetylenes is 1. The molecule has 0 radical (unpaired) electrons. The molecule has 0 saturated carbocycles. The molecule has 0 spiro atoms. The van der Waals surface area contributed by atoms with Crippen LogP contribution in [0.25, 0.3) is 0 Å². The van der Waals surface area contributed by atoms with E-state index in [2.05, 4.69) is 21.5 Å². The van der Waals surface area contributed by atoms with Gasteiger partial charge in [0.2, 0.25) is 0 Å². The number of rotatable bonds is 6. The molecule has 4 heteroatoms. The predicted octanol–water partition coefficient (Wildman–Crippen LogP) is 1.87. The first-order valence-corrected chi connectivity index (χ1v) is 6.83. The smallest absolute Gasteiger partial charge is 0.192 e. The normalized spacial score (nSPS) is 10.8. The lowest BCUT2D eigenvalue weighted by atomic mass is 10.1. The molecule has 0 aliphatic carbocycles. The number of hydrogen-bond donors (Lipinski definition) is 2. The van der Waals surface area contributed by atoms with Crippen molar-refractivity contribution in [2.45, 2.75) is 20.8 Å². The summed E-state index contributed by atoms with van der Waals surface area (Å²) in [7, 11) is 0. The van der Waals surface area contributed by atoms with Gasteiger partial charge in [0.05, 0.1) is 13.1 Å². The summed E-state index contributed by atoms with van der Waals surface area (Å²) < 4.78 is 5.80. The number of nitrogens with zero attached hydrogens (tertiary/aromatic N) is 1. The number of benzene rings is 1. The summed E-state index contributed by atoms with van der Waals surface area (Å²) in [6.45, 7) is 8.48. The van der Waals surface area contributed by atoms with E-state index in [1.54, 1.807) is 0 Å². The van der Waals surface area contributed by atoms with Crippen LogP contribution in [0, 0.1) is 26.2 Å². The Kier molecular flexibility index (Phi) is 7.05. The molecule has 0 bridgehead atoms. The molecule has 1 aromatic carbocycles. The van der Waals surface area contributed by atoms with Crippen molar-refractivity contribution in [2.24, 2.45) is 4.99 Å². The van der Waals surface area contributed by atoms with E-state index in [1.807, 2.05) is 39.0 Å². The first kappa shape index (κ1) is 15.9. The molecular weight excluding hydrogens is 250 g/mol. The quantitative estimate of drug-likeness (QED) is 0.360. The van der Waals surface area contributed by atoms with Crippen LogP contribution in [0.5, 0.6) is 5.75 Å². The zero-order chi connectivity index (χ0) is 14.8. The van der Waals surface area contributed by atoms with Crippen molar-refractivity contribution in [2.75, 3.05) is 26.2 Å². The van der Waals surface area contributed by atoms with Gasteiger partial charge in [-0.05, 0) is 31.9 Å². The van der Waals surface area contributed by atoms with Gasteiger partial charge in [0.25, 0.3) is 0 Å². The average molecular weight is 273 g/mol. The van der Waals surface area contributed by atoms with E-state index >= 15 is 0 Å². The van der Waals surface area contributed by atoms with Crippen LogP contribution in [0.1, 0.15) is 18.1 Å². The summed E-state index contributed by atoms with van der Waals surface area (Å²) >= 11 is 0. The summed E-state index contributed by atoms with van der Waals surface area (Å²) in [5.74, 6) is 4.19. The molecule has 0 amide bonds. The predicted molar refractivity (Wildman–Crippen MR) is 84.2 cm³/mol. The van der Waals surface area contributed by atoms with Crippen molar-refractivity contribution >= 4 is 5.96 Å². The van der Waals surface area contributed by atoms with Gasteiger partial charge in [-0.1, -0.05) is 24.1 Å².